The fraction of sp³-hybridized carbons (Fsp3) is 0.333. The predicted molar refractivity (Wildman–Crippen MR) is 92.2 cm³/mol. The molecule has 0 unspecified atom stereocenters. The minimum atomic E-state index is 0.706. The van der Waals surface area contributed by atoms with Gasteiger partial charge in [-0.25, -0.2) is 0 Å². The van der Waals surface area contributed by atoms with Gasteiger partial charge in [-0.2, -0.15) is 0 Å². The van der Waals surface area contributed by atoms with Crippen molar-refractivity contribution in [1.29, 1.82) is 0 Å². The number of rotatable bonds is 6. The summed E-state index contributed by atoms with van der Waals surface area (Å²) in [5.74, 6) is 0. The van der Waals surface area contributed by atoms with Crippen LogP contribution in [0.3, 0.4) is 0 Å². The van der Waals surface area contributed by atoms with Crippen LogP contribution in [-0.4, -0.2) is 32.1 Å². The third-order valence-electron chi connectivity index (χ3n) is 3.64. The average molecular weight is 299 g/mol. The summed E-state index contributed by atoms with van der Waals surface area (Å²) in [5, 5.41) is 2.71. The van der Waals surface area contributed by atoms with Gasteiger partial charge in [0.05, 0.1) is 6.61 Å². The van der Waals surface area contributed by atoms with Crippen LogP contribution in [0.1, 0.15) is 12.0 Å². The van der Waals surface area contributed by atoms with Gasteiger partial charge < -0.3 is 9.64 Å². The van der Waals surface area contributed by atoms with Gasteiger partial charge in [0, 0.05) is 26.8 Å². The number of benzene rings is 2. The van der Waals surface area contributed by atoms with Crippen LogP contribution in [0.5, 0.6) is 0 Å². The van der Waals surface area contributed by atoms with E-state index < -0.39 is 0 Å². The van der Waals surface area contributed by atoms with Crippen LogP contribution in [0.2, 0.25) is 0 Å². The van der Waals surface area contributed by atoms with Crippen LogP contribution >= 0.6 is 11.3 Å². The van der Waals surface area contributed by atoms with Crippen LogP contribution in [0.15, 0.2) is 42.5 Å². The summed E-state index contributed by atoms with van der Waals surface area (Å²) in [7, 11) is 4.19. The summed E-state index contributed by atoms with van der Waals surface area (Å²) < 4.78 is 8.58. The lowest BCUT2D eigenvalue weighted by atomic mass is 10.1. The van der Waals surface area contributed by atoms with E-state index in [1.165, 1.54) is 25.7 Å². The number of hydrogen-bond acceptors (Lipinski definition) is 3. The van der Waals surface area contributed by atoms with Crippen LogP contribution in [0.25, 0.3) is 20.2 Å². The highest BCUT2D eigenvalue weighted by Gasteiger charge is 2.08. The zero-order chi connectivity index (χ0) is 14.7. The van der Waals surface area contributed by atoms with Crippen LogP contribution < -0.4 is 0 Å². The van der Waals surface area contributed by atoms with Gasteiger partial charge in [-0.15, -0.1) is 11.3 Å². The second-order valence-electron chi connectivity index (χ2n) is 5.60. The topological polar surface area (TPSA) is 12.5 Å². The Kier molecular flexibility index (Phi) is 4.54. The summed E-state index contributed by atoms with van der Waals surface area (Å²) in [4.78, 5) is 2.19. The molecule has 2 nitrogen and oxygen atoms in total. The average Bonchev–Trinajstić information content (AvgIpc) is 2.86. The summed E-state index contributed by atoms with van der Waals surface area (Å²) in [6, 6.07) is 15.2. The summed E-state index contributed by atoms with van der Waals surface area (Å²) in [5.41, 5.74) is 1.30. The smallest absolute Gasteiger partial charge is 0.0730 e. The molecule has 2 aromatic carbocycles. The first kappa shape index (κ1) is 14.5. The van der Waals surface area contributed by atoms with Gasteiger partial charge in [0.25, 0.3) is 0 Å². The fourth-order valence-corrected chi connectivity index (χ4v) is 3.78. The van der Waals surface area contributed by atoms with E-state index >= 15 is 0 Å². The van der Waals surface area contributed by atoms with E-state index in [4.69, 9.17) is 4.74 Å². The predicted octanol–water partition coefficient (Wildman–Crippen LogP) is 4.52. The van der Waals surface area contributed by atoms with Crippen molar-refractivity contribution in [3.63, 3.8) is 0 Å². The summed E-state index contributed by atoms with van der Waals surface area (Å²) in [6.45, 7) is 2.60. The van der Waals surface area contributed by atoms with E-state index in [1.54, 1.807) is 0 Å². The first-order valence-electron chi connectivity index (χ1n) is 7.37. The Labute approximate surface area is 129 Å². The van der Waals surface area contributed by atoms with Gasteiger partial charge in [0.1, 0.15) is 0 Å². The van der Waals surface area contributed by atoms with Crippen molar-refractivity contribution in [3.05, 3.63) is 48.0 Å². The van der Waals surface area contributed by atoms with Gasteiger partial charge in [-0.3, -0.25) is 0 Å². The van der Waals surface area contributed by atoms with E-state index in [-0.39, 0.29) is 0 Å². The maximum absolute atomic E-state index is 5.85. The quantitative estimate of drug-likeness (QED) is 0.620. The largest absolute Gasteiger partial charge is 0.377 e. The lowest BCUT2D eigenvalue weighted by molar-refractivity contribution is 0.114. The molecule has 1 aromatic heterocycles. The number of nitrogens with zero attached hydrogens (tertiary/aromatic N) is 1. The zero-order valence-corrected chi connectivity index (χ0v) is 13.5. The molecule has 0 aliphatic carbocycles. The number of thiophene rings is 1. The Morgan fingerprint density at radius 3 is 2.67 bits per heavy atom. The third-order valence-corrected chi connectivity index (χ3v) is 4.90. The number of fused-ring (bicyclic) bond motifs is 3. The summed E-state index contributed by atoms with van der Waals surface area (Å²) in [6.07, 6.45) is 1.08. The molecule has 1 heterocycles. The second kappa shape index (κ2) is 6.56. The Morgan fingerprint density at radius 2 is 1.81 bits per heavy atom. The Bertz CT molecular complexity index is 732. The maximum Gasteiger partial charge on any atom is 0.0730 e. The summed E-state index contributed by atoms with van der Waals surface area (Å²) >= 11 is 1.87. The van der Waals surface area contributed by atoms with E-state index in [2.05, 4.69) is 61.5 Å². The first-order chi connectivity index (χ1) is 10.3. The molecule has 110 valence electrons. The highest BCUT2D eigenvalue weighted by atomic mass is 32.1. The molecule has 3 rings (SSSR count). The molecule has 0 amide bonds. The molecule has 21 heavy (non-hydrogen) atoms. The number of hydrogen-bond donors (Lipinski definition) is 0. The molecule has 0 radical (unpaired) electrons. The molecule has 0 saturated carbocycles. The highest BCUT2D eigenvalue weighted by Crippen LogP contribution is 2.35. The lowest BCUT2D eigenvalue weighted by Gasteiger charge is -2.09. The van der Waals surface area contributed by atoms with Gasteiger partial charge >= 0.3 is 0 Å². The van der Waals surface area contributed by atoms with Crippen molar-refractivity contribution in [3.8, 4) is 0 Å². The van der Waals surface area contributed by atoms with Gasteiger partial charge in [-0.05, 0) is 38.7 Å². The van der Waals surface area contributed by atoms with Crippen molar-refractivity contribution < 1.29 is 4.74 Å². The van der Waals surface area contributed by atoms with Crippen LogP contribution in [-0.2, 0) is 11.3 Å². The monoisotopic (exact) mass is 299 g/mol. The van der Waals surface area contributed by atoms with E-state index in [9.17, 15) is 0 Å². The normalized spacial score (nSPS) is 11.8. The van der Waals surface area contributed by atoms with E-state index in [0.717, 1.165) is 19.6 Å². The number of ether oxygens (including phenoxy) is 1. The Morgan fingerprint density at radius 1 is 1.00 bits per heavy atom. The van der Waals surface area contributed by atoms with E-state index in [1.807, 2.05) is 11.3 Å². The Balaban J connectivity index is 1.76. The minimum Gasteiger partial charge on any atom is -0.377 e. The second-order valence-corrected chi connectivity index (χ2v) is 6.65. The molecule has 3 aromatic rings. The van der Waals surface area contributed by atoms with Gasteiger partial charge in [0.2, 0.25) is 0 Å². The molecule has 3 heteroatoms. The molecule has 0 N–H and O–H groups in total. The zero-order valence-electron chi connectivity index (χ0n) is 12.6. The molecular formula is C18H21NOS. The molecule has 0 atom stereocenters. The van der Waals surface area contributed by atoms with Gasteiger partial charge in [-0.1, -0.05) is 36.4 Å². The van der Waals surface area contributed by atoms with Crippen molar-refractivity contribution in [1.82, 2.24) is 4.90 Å². The SMILES string of the molecule is CN(C)CCCOCc1cccc2c1sc1ccccc12. The molecule has 0 aliphatic rings. The molecule has 0 bridgehead atoms. The van der Waals surface area contributed by atoms with Crippen molar-refractivity contribution in [2.45, 2.75) is 13.0 Å². The van der Waals surface area contributed by atoms with E-state index in [0.29, 0.717) is 6.61 Å². The van der Waals surface area contributed by atoms with Crippen molar-refractivity contribution >= 4 is 31.5 Å². The molecule has 0 aliphatic heterocycles. The van der Waals surface area contributed by atoms with Crippen molar-refractivity contribution in [2.75, 3.05) is 27.2 Å². The van der Waals surface area contributed by atoms with Crippen LogP contribution in [0, 0.1) is 0 Å². The standard InChI is InChI=1S/C18H21NOS/c1-19(2)11-6-12-20-13-14-7-5-9-16-15-8-3-4-10-17(15)21-18(14)16/h3-5,7-10H,6,11-13H2,1-2H3. The molecule has 0 saturated heterocycles. The fourth-order valence-electron chi connectivity index (χ4n) is 2.58. The maximum atomic E-state index is 5.85. The third kappa shape index (κ3) is 3.26. The van der Waals surface area contributed by atoms with Gasteiger partial charge in [0.15, 0.2) is 0 Å². The van der Waals surface area contributed by atoms with Crippen molar-refractivity contribution in [2.24, 2.45) is 0 Å². The highest BCUT2D eigenvalue weighted by molar-refractivity contribution is 7.26. The lowest BCUT2D eigenvalue weighted by Crippen LogP contribution is -2.14. The minimum absolute atomic E-state index is 0.706. The first-order valence-corrected chi connectivity index (χ1v) is 8.19. The molecular weight excluding hydrogens is 278 g/mol. The molecule has 0 spiro atoms. The Hall–Kier alpha value is -1.42. The van der Waals surface area contributed by atoms with Crippen LogP contribution in [0.4, 0.5) is 0 Å². The molecule has 0 fully saturated rings.